The van der Waals surface area contributed by atoms with Crippen molar-refractivity contribution in [3.05, 3.63) is 15.6 Å². The number of rotatable bonds is 1. The van der Waals surface area contributed by atoms with Crippen molar-refractivity contribution in [3.8, 4) is 0 Å². The zero-order valence-corrected chi connectivity index (χ0v) is 8.21. The maximum Gasteiger partial charge on any atom is 0.0928 e. The fourth-order valence-corrected chi connectivity index (χ4v) is 2.53. The van der Waals surface area contributed by atoms with Crippen LogP contribution < -0.4 is 5.32 Å². The number of aryl methyl sites for hydroxylation is 2. The Morgan fingerprint density at radius 3 is 3.33 bits per heavy atom. The Hall–Kier alpha value is -0.410. The summed E-state index contributed by atoms with van der Waals surface area (Å²) in [7, 11) is 0. The molecule has 12 heavy (non-hydrogen) atoms. The molecule has 0 saturated carbocycles. The van der Waals surface area contributed by atoms with Crippen LogP contribution in [0.25, 0.3) is 0 Å². The summed E-state index contributed by atoms with van der Waals surface area (Å²) in [5.74, 6) is 0. The molecule has 0 radical (unpaired) electrons. The first-order valence-corrected chi connectivity index (χ1v) is 5.40. The Kier molecular flexibility index (Phi) is 2.42. The fraction of sp³-hybridized carbons (Fsp3) is 0.667. The van der Waals surface area contributed by atoms with Gasteiger partial charge in [-0.05, 0) is 25.8 Å². The molecule has 3 heteroatoms. The highest BCUT2D eigenvalue weighted by Crippen LogP contribution is 2.21. The molecule has 0 bridgehead atoms. The largest absolute Gasteiger partial charge is 0.312 e. The van der Waals surface area contributed by atoms with E-state index in [9.17, 15) is 0 Å². The SMILES string of the molecule is CCc1nc2c(s1)CNCCC2. The highest BCUT2D eigenvalue weighted by Gasteiger charge is 2.12. The standard InChI is InChI=1S/C9H14N2S/c1-2-9-11-7-4-3-5-10-6-8(7)12-9/h10H,2-6H2,1H3. The van der Waals surface area contributed by atoms with Crippen LogP contribution in [0, 0.1) is 0 Å². The minimum Gasteiger partial charge on any atom is -0.312 e. The van der Waals surface area contributed by atoms with Crippen LogP contribution in [0.4, 0.5) is 0 Å². The summed E-state index contributed by atoms with van der Waals surface area (Å²) in [6.45, 7) is 4.35. The van der Waals surface area contributed by atoms with Crippen LogP contribution in [0.3, 0.4) is 0 Å². The lowest BCUT2D eigenvalue weighted by Crippen LogP contribution is -2.11. The third-order valence-electron chi connectivity index (χ3n) is 2.18. The molecular formula is C9H14N2S. The van der Waals surface area contributed by atoms with Crippen LogP contribution in [0.15, 0.2) is 0 Å². The number of hydrogen-bond acceptors (Lipinski definition) is 3. The van der Waals surface area contributed by atoms with E-state index in [-0.39, 0.29) is 0 Å². The summed E-state index contributed by atoms with van der Waals surface area (Å²) in [5, 5.41) is 4.71. The summed E-state index contributed by atoms with van der Waals surface area (Å²) in [6.07, 6.45) is 3.48. The highest BCUT2D eigenvalue weighted by atomic mass is 32.1. The predicted octanol–water partition coefficient (Wildman–Crippen LogP) is 1.74. The van der Waals surface area contributed by atoms with E-state index in [2.05, 4.69) is 17.2 Å². The van der Waals surface area contributed by atoms with Gasteiger partial charge in [-0.2, -0.15) is 0 Å². The predicted molar refractivity (Wildman–Crippen MR) is 51.5 cm³/mol. The van der Waals surface area contributed by atoms with E-state index in [4.69, 9.17) is 0 Å². The van der Waals surface area contributed by atoms with Gasteiger partial charge in [-0.1, -0.05) is 6.92 Å². The van der Waals surface area contributed by atoms with Crippen LogP contribution in [0.5, 0.6) is 0 Å². The van der Waals surface area contributed by atoms with Gasteiger partial charge >= 0.3 is 0 Å². The van der Waals surface area contributed by atoms with Crippen LogP contribution in [-0.2, 0) is 19.4 Å². The molecule has 66 valence electrons. The molecule has 2 heterocycles. The van der Waals surface area contributed by atoms with Crippen molar-refractivity contribution in [2.45, 2.75) is 32.7 Å². The summed E-state index contributed by atoms with van der Waals surface area (Å²) in [4.78, 5) is 6.07. The summed E-state index contributed by atoms with van der Waals surface area (Å²) < 4.78 is 0. The highest BCUT2D eigenvalue weighted by molar-refractivity contribution is 7.11. The number of fused-ring (bicyclic) bond motifs is 1. The number of nitrogens with one attached hydrogen (secondary N) is 1. The molecule has 0 unspecified atom stereocenters. The number of hydrogen-bond donors (Lipinski definition) is 1. The van der Waals surface area contributed by atoms with Crippen LogP contribution in [0.2, 0.25) is 0 Å². The molecule has 0 spiro atoms. The van der Waals surface area contributed by atoms with Crippen molar-refractivity contribution in [3.63, 3.8) is 0 Å². The van der Waals surface area contributed by atoms with E-state index in [0.717, 1.165) is 19.5 Å². The minimum absolute atomic E-state index is 1.03. The smallest absolute Gasteiger partial charge is 0.0928 e. The molecular weight excluding hydrogens is 168 g/mol. The van der Waals surface area contributed by atoms with Gasteiger partial charge in [-0.25, -0.2) is 4.98 Å². The topological polar surface area (TPSA) is 24.9 Å². The van der Waals surface area contributed by atoms with E-state index in [0.29, 0.717) is 0 Å². The Bertz CT molecular complexity index is 244. The second kappa shape index (κ2) is 3.54. The van der Waals surface area contributed by atoms with Crippen LogP contribution >= 0.6 is 11.3 Å². The van der Waals surface area contributed by atoms with Crippen LogP contribution in [-0.4, -0.2) is 11.5 Å². The maximum absolute atomic E-state index is 4.61. The molecule has 0 aromatic carbocycles. The summed E-state index contributed by atoms with van der Waals surface area (Å²) >= 11 is 1.88. The van der Waals surface area contributed by atoms with Crippen molar-refractivity contribution in [2.75, 3.05) is 6.54 Å². The molecule has 2 rings (SSSR count). The molecule has 0 atom stereocenters. The molecule has 2 nitrogen and oxygen atoms in total. The van der Waals surface area contributed by atoms with Gasteiger partial charge in [0.2, 0.25) is 0 Å². The van der Waals surface area contributed by atoms with E-state index in [1.54, 1.807) is 0 Å². The van der Waals surface area contributed by atoms with Crippen molar-refractivity contribution < 1.29 is 0 Å². The van der Waals surface area contributed by atoms with Gasteiger partial charge in [-0.3, -0.25) is 0 Å². The molecule has 0 amide bonds. The minimum atomic E-state index is 1.03. The van der Waals surface area contributed by atoms with E-state index in [1.165, 1.54) is 28.4 Å². The number of nitrogens with zero attached hydrogens (tertiary/aromatic N) is 1. The molecule has 0 fully saturated rings. The van der Waals surface area contributed by atoms with Gasteiger partial charge in [0.05, 0.1) is 10.7 Å². The summed E-state index contributed by atoms with van der Waals surface area (Å²) in [5.41, 5.74) is 1.35. The van der Waals surface area contributed by atoms with E-state index in [1.807, 2.05) is 11.3 Å². The van der Waals surface area contributed by atoms with Gasteiger partial charge in [0.25, 0.3) is 0 Å². The molecule has 1 aromatic heterocycles. The Balaban J connectivity index is 2.26. The zero-order chi connectivity index (χ0) is 8.39. The first-order valence-electron chi connectivity index (χ1n) is 4.58. The third-order valence-corrected chi connectivity index (χ3v) is 3.42. The average molecular weight is 182 g/mol. The molecule has 1 aliphatic rings. The molecule has 0 aliphatic carbocycles. The normalized spacial score (nSPS) is 17.1. The zero-order valence-electron chi connectivity index (χ0n) is 7.39. The first kappa shape index (κ1) is 8.20. The maximum atomic E-state index is 4.61. The van der Waals surface area contributed by atoms with Gasteiger partial charge in [0.1, 0.15) is 0 Å². The van der Waals surface area contributed by atoms with Crippen molar-refractivity contribution >= 4 is 11.3 Å². The van der Waals surface area contributed by atoms with Gasteiger partial charge in [0.15, 0.2) is 0 Å². The lowest BCUT2D eigenvalue weighted by molar-refractivity contribution is 0.681. The monoisotopic (exact) mass is 182 g/mol. The Morgan fingerprint density at radius 2 is 2.50 bits per heavy atom. The van der Waals surface area contributed by atoms with E-state index >= 15 is 0 Å². The molecule has 1 aromatic rings. The van der Waals surface area contributed by atoms with Crippen LogP contribution in [0.1, 0.15) is 28.9 Å². The quantitative estimate of drug-likeness (QED) is 0.715. The third kappa shape index (κ3) is 1.52. The molecule has 1 aliphatic heterocycles. The average Bonchev–Trinajstić information content (AvgIpc) is 2.37. The van der Waals surface area contributed by atoms with E-state index < -0.39 is 0 Å². The van der Waals surface area contributed by atoms with Gasteiger partial charge in [0, 0.05) is 11.4 Å². The Labute approximate surface area is 77.0 Å². The molecule has 0 saturated heterocycles. The Morgan fingerprint density at radius 1 is 1.58 bits per heavy atom. The first-order chi connectivity index (χ1) is 5.90. The molecule has 1 N–H and O–H groups in total. The second-order valence-electron chi connectivity index (χ2n) is 3.11. The summed E-state index contributed by atoms with van der Waals surface area (Å²) in [6, 6.07) is 0. The number of aromatic nitrogens is 1. The number of thiazole rings is 1. The van der Waals surface area contributed by atoms with Gasteiger partial charge in [-0.15, -0.1) is 11.3 Å². The lowest BCUT2D eigenvalue weighted by Gasteiger charge is -1.94. The second-order valence-corrected chi connectivity index (χ2v) is 4.28. The lowest BCUT2D eigenvalue weighted by atomic mass is 10.2. The van der Waals surface area contributed by atoms with Crippen molar-refractivity contribution in [1.82, 2.24) is 10.3 Å². The fourth-order valence-electron chi connectivity index (χ4n) is 1.50. The van der Waals surface area contributed by atoms with Gasteiger partial charge < -0.3 is 5.32 Å². The van der Waals surface area contributed by atoms with Crippen molar-refractivity contribution in [2.24, 2.45) is 0 Å². The van der Waals surface area contributed by atoms with Crippen molar-refractivity contribution in [1.29, 1.82) is 0 Å².